The van der Waals surface area contributed by atoms with Crippen LogP contribution in [-0.2, 0) is 4.74 Å². The van der Waals surface area contributed by atoms with Crippen LogP contribution in [-0.4, -0.2) is 19.3 Å². The molecule has 3 heteroatoms. The highest BCUT2D eigenvalue weighted by atomic mass is 19.1. The monoisotopic (exact) mass is 195 g/mol. The van der Waals surface area contributed by atoms with E-state index in [9.17, 15) is 4.39 Å². The number of ether oxygens (including phenoxy) is 1. The van der Waals surface area contributed by atoms with Crippen LogP contribution in [0.1, 0.15) is 18.5 Å². The third-order valence-corrected chi connectivity index (χ3v) is 2.41. The average molecular weight is 195 g/mol. The van der Waals surface area contributed by atoms with Gasteiger partial charge in [0.25, 0.3) is 0 Å². The molecule has 2 atom stereocenters. The fourth-order valence-corrected chi connectivity index (χ4v) is 1.69. The molecule has 0 unspecified atom stereocenters. The maximum atomic E-state index is 12.7. The van der Waals surface area contributed by atoms with Crippen molar-refractivity contribution in [2.45, 2.75) is 19.0 Å². The number of halogens is 1. The van der Waals surface area contributed by atoms with Crippen LogP contribution in [0, 0.1) is 5.82 Å². The fourth-order valence-electron chi connectivity index (χ4n) is 1.69. The third kappa shape index (κ3) is 2.11. The van der Waals surface area contributed by atoms with E-state index >= 15 is 0 Å². The van der Waals surface area contributed by atoms with Crippen molar-refractivity contribution in [3.8, 4) is 0 Å². The summed E-state index contributed by atoms with van der Waals surface area (Å²) in [7, 11) is 0. The number of morpholine rings is 1. The van der Waals surface area contributed by atoms with Crippen molar-refractivity contribution < 1.29 is 9.13 Å². The summed E-state index contributed by atoms with van der Waals surface area (Å²) in [4.78, 5) is 0. The Hall–Kier alpha value is -0.930. The van der Waals surface area contributed by atoms with Gasteiger partial charge in [-0.25, -0.2) is 4.39 Å². The molecular formula is C11H14FNO. The predicted octanol–water partition coefficient (Wildman–Crippen LogP) is 1.88. The molecule has 0 saturated carbocycles. The molecule has 0 aliphatic carbocycles. The lowest BCUT2D eigenvalue weighted by atomic mass is 10.1. The minimum absolute atomic E-state index is 0.194. The van der Waals surface area contributed by atoms with Crippen molar-refractivity contribution in [1.29, 1.82) is 0 Å². The highest BCUT2D eigenvalue weighted by molar-refractivity contribution is 5.20. The van der Waals surface area contributed by atoms with Gasteiger partial charge in [0, 0.05) is 6.04 Å². The van der Waals surface area contributed by atoms with Crippen LogP contribution in [0.25, 0.3) is 0 Å². The molecule has 14 heavy (non-hydrogen) atoms. The van der Waals surface area contributed by atoms with Gasteiger partial charge in [-0.3, -0.25) is 0 Å². The van der Waals surface area contributed by atoms with Crippen LogP contribution in [0.3, 0.4) is 0 Å². The largest absolute Gasteiger partial charge is 0.378 e. The molecule has 1 aliphatic rings. The summed E-state index contributed by atoms with van der Waals surface area (Å²) in [5.41, 5.74) is 1.08. The van der Waals surface area contributed by atoms with Gasteiger partial charge in [-0.2, -0.15) is 0 Å². The number of rotatable bonds is 1. The highest BCUT2D eigenvalue weighted by Crippen LogP contribution is 2.17. The number of hydrogen-bond donors (Lipinski definition) is 1. The zero-order valence-corrected chi connectivity index (χ0v) is 8.16. The molecule has 0 aromatic heterocycles. The van der Waals surface area contributed by atoms with E-state index in [0.717, 1.165) is 12.2 Å². The average Bonchev–Trinajstić information content (AvgIpc) is 2.19. The lowest BCUT2D eigenvalue weighted by molar-refractivity contribution is 0.0504. The maximum Gasteiger partial charge on any atom is 0.123 e. The summed E-state index contributed by atoms with van der Waals surface area (Å²) in [6.07, 6.45) is 0. The Morgan fingerprint density at radius 1 is 1.29 bits per heavy atom. The number of nitrogens with one attached hydrogen (secondary N) is 1. The zero-order valence-electron chi connectivity index (χ0n) is 8.16. The first-order valence-electron chi connectivity index (χ1n) is 4.85. The van der Waals surface area contributed by atoms with Crippen molar-refractivity contribution in [1.82, 2.24) is 5.32 Å². The summed E-state index contributed by atoms with van der Waals surface area (Å²) in [5.74, 6) is -0.196. The first-order valence-corrected chi connectivity index (χ1v) is 4.85. The third-order valence-electron chi connectivity index (χ3n) is 2.41. The zero-order chi connectivity index (χ0) is 9.97. The summed E-state index contributed by atoms with van der Waals surface area (Å²) in [5, 5.41) is 3.40. The molecule has 1 heterocycles. The van der Waals surface area contributed by atoms with Gasteiger partial charge < -0.3 is 10.1 Å². The quantitative estimate of drug-likeness (QED) is 0.738. The van der Waals surface area contributed by atoms with Crippen LogP contribution in [0.2, 0.25) is 0 Å². The lowest BCUT2D eigenvalue weighted by Crippen LogP contribution is -2.41. The SMILES string of the molecule is C[C@@H]1COC[C@H](c2ccc(F)cc2)N1. The second-order valence-corrected chi connectivity index (χ2v) is 3.71. The van der Waals surface area contributed by atoms with Gasteiger partial charge in [0.05, 0.1) is 19.3 Å². The first kappa shape index (κ1) is 9.62. The highest BCUT2D eigenvalue weighted by Gasteiger charge is 2.19. The van der Waals surface area contributed by atoms with Gasteiger partial charge >= 0.3 is 0 Å². The predicted molar refractivity (Wildman–Crippen MR) is 52.6 cm³/mol. The molecule has 2 nitrogen and oxygen atoms in total. The maximum absolute atomic E-state index is 12.7. The Bertz CT molecular complexity index is 299. The van der Waals surface area contributed by atoms with E-state index in [0.29, 0.717) is 12.6 Å². The Kier molecular flexibility index (Phi) is 2.79. The van der Waals surface area contributed by atoms with E-state index in [1.165, 1.54) is 12.1 Å². The van der Waals surface area contributed by atoms with E-state index < -0.39 is 0 Å². The second-order valence-electron chi connectivity index (χ2n) is 3.71. The van der Waals surface area contributed by atoms with E-state index in [-0.39, 0.29) is 11.9 Å². The molecule has 1 aliphatic heterocycles. The molecule has 0 bridgehead atoms. The minimum atomic E-state index is -0.196. The van der Waals surface area contributed by atoms with Gasteiger partial charge in [-0.1, -0.05) is 12.1 Å². The van der Waals surface area contributed by atoms with Crippen molar-refractivity contribution in [2.75, 3.05) is 13.2 Å². The Morgan fingerprint density at radius 3 is 2.64 bits per heavy atom. The molecule has 0 spiro atoms. The molecular weight excluding hydrogens is 181 g/mol. The van der Waals surface area contributed by atoms with Gasteiger partial charge in [0.1, 0.15) is 5.82 Å². The molecule has 76 valence electrons. The van der Waals surface area contributed by atoms with Crippen LogP contribution in [0.5, 0.6) is 0 Å². The van der Waals surface area contributed by atoms with Gasteiger partial charge in [0.2, 0.25) is 0 Å². The van der Waals surface area contributed by atoms with Gasteiger partial charge in [-0.05, 0) is 24.6 Å². The summed E-state index contributed by atoms with van der Waals surface area (Å²) in [6.45, 7) is 3.49. The Morgan fingerprint density at radius 2 is 2.00 bits per heavy atom. The molecule has 1 aromatic rings. The molecule has 2 rings (SSSR count). The number of hydrogen-bond acceptors (Lipinski definition) is 2. The molecule has 1 saturated heterocycles. The van der Waals surface area contributed by atoms with Crippen molar-refractivity contribution in [3.63, 3.8) is 0 Å². The summed E-state index contributed by atoms with van der Waals surface area (Å²) < 4.78 is 18.1. The topological polar surface area (TPSA) is 21.3 Å². The van der Waals surface area contributed by atoms with Gasteiger partial charge in [0.15, 0.2) is 0 Å². The van der Waals surface area contributed by atoms with Crippen LogP contribution < -0.4 is 5.32 Å². The van der Waals surface area contributed by atoms with Crippen molar-refractivity contribution in [3.05, 3.63) is 35.6 Å². The van der Waals surface area contributed by atoms with Gasteiger partial charge in [-0.15, -0.1) is 0 Å². The van der Waals surface area contributed by atoms with Crippen LogP contribution in [0.15, 0.2) is 24.3 Å². The number of benzene rings is 1. The molecule has 1 fully saturated rings. The van der Waals surface area contributed by atoms with Crippen molar-refractivity contribution in [2.24, 2.45) is 0 Å². The van der Waals surface area contributed by atoms with E-state index in [1.54, 1.807) is 12.1 Å². The minimum Gasteiger partial charge on any atom is -0.378 e. The second kappa shape index (κ2) is 4.07. The Balaban J connectivity index is 2.10. The van der Waals surface area contributed by atoms with Crippen LogP contribution in [0.4, 0.5) is 4.39 Å². The van der Waals surface area contributed by atoms with E-state index in [1.807, 2.05) is 0 Å². The van der Waals surface area contributed by atoms with E-state index in [2.05, 4.69) is 12.2 Å². The standard InChI is InChI=1S/C11H14FNO/c1-8-6-14-7-11(13-8)9-2-4-10(12)5-3-9/h2-5,8,11,13H,6-7H2,1H3/t8-,11-/m1/s1. The fraction of sp³-hybridized carbons (Fsp3) is 0.455. The van der Waals surface area contributed by atoms with Crippen molar-refractivity contribution >= 4 is 0 Å². The molecule has 0 radical (unpaired) electrons. The summed E-state index contributed by atoms with van der Waals surface area (Å²) in [6, 6.07) is 7.12. The Labute approximate surface area is 83.1 Å². The van der Waals surface area contributed by atoms with E-state index in [4.69, 9.17) is 4.74 Å². The normalized spacial score (nSPS) is 27.6. The molecule has 1 N–H and O–H groups in total. The van der Waals surface area contributed by atoms with Crippen LogP contribution >= 0.6 is 0 Å². The summed E-state index contributed by atoms with van der Waals surface area (Å²) >= 11 is 0. The first-order chi connectivity index (χ1) is 6.75. The molecule has 1 aromatic carbocycles. The molecule has 0 amide bonds. The smallest absolute Gasteiger partial charge is 0.123 e. The lowest BCUT2D eigenvalue weighted by Gasteiger charge is -2.29.